The van der Waals surface area contributed by atoms with Crippen molar-refractivity contribution in [1.29, 1.82) is 0 Å². The topological polar surface area (TPSA) is 133 Å². The van der Waals surface area contributed by atoms with E-state index >= 15 is 0 Å². The summed E-state index contributed by atoms with van der Waals surface area (Å²) in [5.74, 6) is 1.77. The predicted octanol–water partition coefficient (Wildman–Crippen LogP) is 0.760. The lowest BCUT2D eigenvalue weighted by Gasteiger charge is -2.05. The average Bonchev–Trinajstić information content (AvgIpc) is 3.07. The largest absolute Gasteiger partial charge is 0.494 e. The van der Waals surface area contributed by atoms with Crippen LogP contribution in [0, 0.1) is 6.92 Å². The normalized spacial score (nSPS) is 11.4. The highest BCUT2D eigenvalue weighted by molar-refractivity contribution is 8.00. The molecule has 0 saturated carbocycles. The molecule has 0 unspecified atom stereocenters. The van der Waals surface area contributed by atoms with Gasteiger partial charge in [-0.1, -0.05) is 23.1 Å². The summed E-state index contributed by atoms with van der Waals surface area (Å²) in [4.78, 5) is 21.8. The van der Waals surface area contributed by atoms with Gasteiger partial charge in [0.15, 0.2) is 4.34 Å². The number of aromatic amines is 1. The van der Waals surface area contributed by atoms with E-state index in [-0.39, 0.29) is 17.5 Å². The molecule has 5 N–H and O–H groups in total. The molecule has 2 heterocycles. The van der Waals surface area contributed by atoms with Crippen molar-refractivity contribution in [3.8, 4) is 5.75 Å². The maximum Gasteiger partial charge on any atom is 0.325 e. The van der Waals surface area contributed by atoms with Crippen LogP contribution < -0.4 is 26.3 Å². The SMILES string of the molecule is CCOc1ccc(NC(N)=[NH+]c2nc(CSc3nnc(C)s3)cc(=O)[nH]2)cc1. The van der Waals surface area contributed by atoms with Crippen LogP contribution in [0.2, 0.25) is 0 Å². The minimum atomic E-state index is -0.268. The van der Waals surface area contributed by atoms with E-state index in [9.17, 15) is 4.79 Å². The molecule has 1 aromatic carbocycles. The van der Waals surface area contributed by atoms with Gasteiger partial charge in [-0.25, -0.2) is 9.98 Å². The highest BCUT2D eigenvalue weighted by Crippen LogP contribution is 2.24. The third kappa shape index (κ3) is 5.79. The van der Waals surface area contributed by atoms with Gasteiger partial charge in [-0.3, -0.25) is 10.1 Å². The number of anilines is 1. The smallest absolute Gasteiger partial charge is 0.325 e. The first kappa shape index (κ1) is 19.8. The number of H-pyrrole nitrogens is 1. The first-order valence-corrected chi connectivity index (χ1v) is 10.2. The van der Waals surface area contributed by atoms with Crippen molar-refractivity contribution in [3.63, 3.8) is 0 Å². The summed E-state index contributed by atoms with van der Waals surface area (Å²) in [6, 6.07) is 8.81. The summed E-state index contributed by atoms with van der Waals surface area (Å²) in [6.45, 7) is 4.43. The molecule has 28 heavy (non-hydrogen) atoms. The molecule has 11 heteroatoms. The van der Waals surface area contributed by atoms with Gasteiger partial charge in [-0.05, 0) is 38.1 Å². The molecule has 146 valence electrons. The van der Waals surface area contributed by atoms with E-state index in [1.807, 2.05) is 38.1 Å². The van der Waals surface area contributed by atoms with Crippen molar-refractivity contribution in [1.82, 2.24) is 20.2 Å². The molecule has 0 radical (unpaired) electrons. The summed E-state index contributed by atoms with van der Waals surface area (Å²) in [5.41, 5.74) is 7.10. The molecule has 3 rings (SSSR count). The van der Waals surface area contributed by atoms with E-state index in [2.05, 4.69) is 30.5 Å². The van der Waals surface area contributed by atoms with Crippen molar-refractivity contribution in [2.75, 3.05) is 11.9 Å². The van der Waals surface area contributed by atoms with E-state index in [1.54, 1.807) is 0 Å². The zero-order valence-corrected chi connectivity index (χ0v) is 17.0. The lowest BCUT2D eigenvalue weighted by molar-refractivity contribution is -0.365. The lowest BCUT2D eigenvalue weighted by Crippen LogP contribution is -2.73. The summed E-state index contributed by atoms with van der Waals surface area (Å²) in [7, 11) is 0. The number of hydrogen-bond acceptors (Lipinski definition) is 7. The fourth-order valence-corrected chi connectivity index (χ4v) is 3.94. The summed E-state index contributed by atoms with van der Waals surface area (Å²) in [5, 5.41) is 11.9. The number of hydrogen-bond donors (Lipinski definition) is 4. The molecule has 0 aliphatic heterocycles. The highest BCUT2D eigenvalue weighted by atomic mass is 32.2. The first-order valence-electron chi connectivity index (χ1n) is 8.44. The van der Waals surface area contributed by atoms with Gasteiger partial charge in [-0.15, -0.1) is 15.2 Å². The zero-order chi connectivity index (χ0) is 19.9. The number of nitrogens with zero attached hydrogens (tertiary/aromatic N) is 3. The van der Waals surface area contributed by atoms with Gasteiger partial charge in [0.25, 0.3) is 11.5 Å². The van der Waals surface area contributed by atoms with E-state index in [1.165, 1.54) is 29.2 Å². The maximum atomic E-state index is 11.9. The Morgan fingerprint density at radius 2 is 2.14 bits per heavy atom. The van der Waals surface area contributed by atoms with Crippen LogP contribution in [-0.4, -0.2) is 32.7 Å². The number of rotatable bonds is 7. The van der Waals surface area contributed by atoms with Crippen LogP contribution in [0.1, 0.15) is 17.6 Å². The van der Waals surface area contributed by atoms with Gasteiger partial charge in [0, 0.05) is 6.07 Å². The molecule has 2 aromatic heterocycles. The van der Waals surface area contributed by atoms with Crippen molar-refractivity contribution < 1.29 is 9.73 Å². The van der Waals surface area contributed by atoms with Crippen molar-refractivity contribution in [2.24, 2.45) is 5.73 Å². The van der Waals surface area contributed by atoms with E-state index in [0.29, 0.717) is 18.1 Å². The van der Waals surface area contributed by atoms with E-state index in [4.69, 9.17) is 10.5 Å². The van der Waals surface area contributed by atoms with Crippen molar-refractivity contribution in [2.45, 2.75) is 23.9 Å². The number of nitrogens with two attached hydrogens (primary N) is 1. The fraction of sp³-hybridized carbons (Fsp3) is 0.235. The summed E-state index contributed by atoms with van der Waals surface area (Å²) < 4.78 is 6.23. The Balaban J connectivity index is 1.67. The van der Waals surface area contributed by atoms with Gasteiger partial charge in [-0.2, -0.15) is 0 Å². The van der Waals surface area contributed by atoms with Crippen LogP contribution >= 0.6 is 23.1 Å². The third-order valence-electron chi connectivity index (χ3n) is 3.34. The second kappa shape index (κ2) is 9.33. The molecular weight excluding hydrogens is 398 g/mol. The average molecular weight is 419 g/mol. The monoisotopic (exact) mass is 418 g/mol. The molecular formula is C17H20N7O2S2+. The molecule has 9 nitrogen and oxygen atoms in total. The molecule has 0 saturated heterocycles. The molecule has 3 aromatic rings. The molecule has 0 spiro atoms. The summed E-state index contributed by atoms with van der Waals surface area (Å²) >= 11 is 2.97. The van der Waals surface area contributed by atoms with Crippen LogP contribution in [0.4, 0.5) is 11.6 Å². The Hall–Kier alpha value is -2.92. The van der Waals surface area contributed by atoms with Crippen LogP contribution in [0.15, 0.2) is 39.5 Å². The lowest BCUT2D eigenvalue weighted by atomic mass is 10.3. The molecule has 0 bridgehead atoms. The molecule has 0 atom stereocenters. The van der Waals surface area contributed by atoms with E-state index < -0.39 is 0 Å². The number of aromatic nitrogens is 4. The molecule has 0 aliphatic carbocycles. The number of guanidine groups is 1. The standard InChI is InChI=1S/C17H19N7O2S2/c1-3-26-13-6-4-11(5-7-13)19-15(18)22-16-20-12(8-14(25)21-16)9-27-17-24-23-10(2)28-17/h4-8H,3,9H2,1-2H3,(H4,18,19,20,21,22,25)/p+1. The maximum absolute atomic E-state index is 11.9. The number of thioether (sulfide) groups is 1. The summed E-state index contributed by atoms with van der Waals surface area (Å²) in [6.07, 6.45) is 0. The van der Waals surface area contributed by atoms with Crippen LogP contribution in [-0.2, 0) is 5.75 Å². The number of ether oxygens (including phenoxy) is 1. The minimum Gasteiger partial charge on any atom is -0.494 e. The third-order valence-corrected chi connectivity index (χ3v) is 5.35. The number of aryl methyl sites for hydroxylation is 1. The first-order chi connectivity index (χ1) is 13.5. The van der Waals surface area contributed by atoms with Gasteiger partial charge in [0.05, 0.1) is 18.0 Å². The minimum absolute atomic E-state index is 0.233. The van der Waals surface area contributed by atoms with Crippen LogP contribution in [0.3, 0.4) is 0 Å². The second-order valence-electron chi connectivity index (χ2n) is 5.58. The Kier molecular flexibility index (Phi) is 6.61. The quantitative estimate of drug-likeness (QED) is 0.251. The van der Waals surface area contributed by atoms with Crippen LogP contribution in [0.25, 0.3) is 0 Å². The van der Waals surface area contributed by atoms with Gasteiger partial charge < -0.3 is 10.5 Å². The van der Waals surface area contributed by atoms with Gasteiger partial charge >= 0.3 is 5.95 Å². The molecule has 0 fully saturated rings. The van der Waals surface area contributed by atoms with Crippen molar-refractivity contribution >= 4 is 40.7 Å². The van der Waals surface area contributed by atoms with Crippen molar-refractivity contribution in [3.05, 3.63) is 51.4 Å². The Bertz CT molecular complexity index is 1010. The Labute approximate surface area is 169 Å². The molecule has 0 amide bonds. The highest BCUT2D eigenvalue weighted by Gasteiger charge is 2.09. The van der Waals surface area contributed by atoms with E-state index in [0.717, 1.165) is 20.8 Å². The van der Waals surface area contributed by atoms with Gasteiger partial charge in [0.1, 0.15) is 16.5 Å². The van der Waals surface area contributed by atoms with Crippen LogP contribution in [0.5, 0.6) is 5.75 Å². The fourth-order valence-electron chi connectivity index (χ4n) is 2.23. The zero-order valence-electron chi connectivity index (χ0n) is 15.4. The second-order valence-corrected chi connectivity index (χ2v) is 7.99. The Morgan fingerprint density at radius 3 is 2.82 bits per heavy atom. The predicted molar refractivity (Wildman–Crippen MR) is 110 cm³/mol. The van der Waals surface area contributed by atoms with Gasteiger partial charge in [0.2, 0.25) is 0 Å². The number of nitrogens with one attached hydrogen (secondary N) is 3. The Morgan fingerprint density at radius 1 is 1.36 bits per heavy atom. The molecule has 0 aliphatic rings. The number of benzene rings is 1.